The highest BCUT2D eigenvalue weighted by molar-refractivity contribution is 6.02. The van der Waals surface area contributed by atoms with Crippen LogP contribution < -0.4 is 14.8 Å². The molecule has 0 saturated carbocycles. The number of hydrogen-bond donors (Lipinski definition) is 1. The van der Waals surface area contributed by atoms with Gasteiger partial charge in [-0.1, -0.05) is 13.0 Å². The van der Waals surface area contributed by atoms with Crippen molar-refractivity contribution < 1.29 is 19.2 Å². The summed E-state index contributed by atoms with van der Waals surface area (Å²) in [6.45, 7) is 5.04. The molecule has 0 heterocycles. The van der Waals surface area contributed by atoms with Crippen molar-refractivity contribution in [1.82, 2.24) is 0 Å². The fraction of sp³-hybridized carbons (Fsp3) is 0.250. The lowest BCUT2D eigenvalue weighted by atomic mass is 10.2. The number of rotatable bonds is 9. The minimum absolute atomic E-state index is 0.0302. The maximum atomic E-state index is 12.0. The molecule has 2 aromatic rings. The van der Waals surface area contributed by atoms with E-state index in [2.05, 4.69) is 5.32 Å². The molecule has 0 aliphatic rings. The Hall–Kier alpha value is -3.35. The molecule has 0 aliphatic heterocycles. The summed E-state index contributed by atoms with van der Waals surface area (Å²) in [7, 11) is 0. The van der Waals surface area contributed by atoms with E-state index in [1.165, 1.54) is 30.3 Å². The molecule has 1 N–H and O–H groups in total. The summed E-state index contributed by atoms with van der Waals surface area (Å²) < 4.78 is 11.2. The van der Waals surface area contributed by atoms with E-state index in [4.69, 9.17) is 9.47 Å². The first-order chi connectivity index (χ1) is 13.0. The number of carbonyl (C=O) groups is 1. The highest BCUT2D eigenvalue weighted by atomic mass is 16.6. The summed E-state index contributed by atoms with van der Waals surface area (Å²) >= 11 is 0. The molecule has 0 aromatic heterocycles. The van der Waals surface area contributed by atoms with Crippen LogP contribution in [0.5, 0.6) is 11.5 Å². The fourth-order valence-electron chi connectivity index (χ4n) is 2.25. The third-order valence-electron chi connectivity index (χ3n) is 3.50. The zero-order valence-electron chi connectivity index (χ0n) is 15.3. The quantitative estimate of drug-likeness (QED) is 0.400. The van der Waals surface area contributed by atoms with Crippen LogP contribution in [0.25, 0.3) is 6.08 Å². The largest absolute Gasteiger partial charge is 0.490 e. The zero-order valence-corrected chi connectivity index (χ0v) is 15.3. The predicted molar refractivity (Wildman–Crippen MR) is 104 cm³/mol. The molecular weight excluding hydrogens is 348 g/mol. The lowest BCUT2D eigenvalue weighted by molar-refractivity contribution is -0.384. The second-order valence-electron chi connectivity index (χ2n) is 5.61. The van der Waals surface area contributed by atoms with E-state index in [0.717, 1.165) is 12.0 Å². The number of nitrogens with zero attached hydrogens (tertiary/aromatic N) is 1. The van der Waals surface area contributed by atoms with Crippen LogP contribution in [0.3, 0.4) is 0 Å². The van der Waals surface area contributed by atoms with Gasteiger partial charge in [0, 0.05) is 23.9 Å². The van der Waals surface area contributed by atoms with Crippen molar-refractivity contribution in [3.8, 4) is 11.5 Å². The summed E-state index contributed by atoms with van der Waals surface area (Å²) in [5.41, 5.74) is 1.24. The van der Waals surface area contributed by atoms with Crippen molar-refractivity contribution in [2.24, 2.45) is 0 Å². The molecule has 2 rings (SSSR count). The summed E-state index contributed by atoms with van der Waals surface area (Å²) in [5, 5.41) is 13.3. The van der Waals surface area contributed by atoms with Crippen molar-refractivity contribution in [2.45, 2.75) is 20.3 Å². The molecule has 0 fully saturated rings. The number of ether oxygens (including phenoxy) is 2. The molecule has 0 atom stereocenters. The van der Waals surface area contributed by atoms with Gasteiger partial charge in [0.25, 0.3) is 5.69 Å². The maximum Gasteiger partial charge on any atom is 0.269 e. The van der Waals surface area contributed by atoms with E-state index in [0.29, 0.717) is 30.4 Å². The van der Waals surface area contributed by atoms with Crippen molar-refractivity contribution in [2.75, 3.05) is 18.5 Å². The molecule has 7 heteroatoms. The lowest BCUT2D eigenvalue weighted by Gasteiger charge is -2.12. The minimum Gasteiger partial charge on any atom is -0.490 e. The standard InChI is InChI=1S/C20H22N2O5/c1-3-13-27-18-11-5-15(14-19(18)26-4-2)6-12-20(23)21-16-7-9-17(10-8-16)22(24)25/h5-12,14H,3-4,13H2,1-2H3,(H,21,23)/b12-6+. The van der Waals surface area contributed by atoms with Gasteiger partial charge in [0.1, 0.15) is 0 Å². The van der Waals surface area contributed by atoms with Crippen LogP contribution in [-0.4, -0.2) is 24.0 Å². The normalized spacial score (nSPS) is 10.6. The van der Waals surface area contributed by atoms with Crippen molar-refractivity contribution >= 4 is 23.4 Å². The van der Waals surface area contributed by atoms with Crippen molar-refractivity contribution in [3.63, 3.8) is 0 Å². The summed E-state index contributed by atoms with van der Waals surface area (Å²) in [5.74, 6) is 0.961. The highest BCUT2D eigenvalue weighted by Crippen LogP contribution is 2.29. The van der Waals surface area contributed by atoms with Crippen molar-refractivity contribution in [3.05, 3.63) is 64.2 Å². The lowest BCUT2D eigenvalue weighted by Crippen LogP contribution is -2.07. The van der Waals surface area contributed by atoms with Gasteiger partial charge in [0.2, 0.25) is 5.91 Å². The average molecular weight is 370 g/mol. The van der Waals surface area contributed by atoms with E-state index in [9.17, 15) is 14.9 Å². The summed E-state index contributed by atoms with van der Waals surface area (Å²) in [6, 6.07) is 11.1. The van der Waals surface area contributed by atoms with Crippen LogP contribution in [0, 0.1) is 10.1 Å². The number of nitro groups is 1. The van der Waals surface area contributed by atoms with E-state index in [-0.39, 0.29) is 11.6 Å². The Kier molecular flexibility index (Phi) is 7.37. The van der Waals surface area contributed by atoms with Gasteiger partial charge in [-0.05, 0) is 49.2 Å². The molecular formula is C20H22N2O5. The number of anilines is 1. The highest BCUT2D eigenvalue weighted by Gasteiger charge is 2.07. The molecule has 0 bridgehead atoms. The summed E-state index contributed by atoms with van der Waals surface area (Å²) in [4.78, 5) is 22.2. The predicted octanol–water partition coefficient (Wildman–Crippen LogP) is 4.43. The number of nitrogens with one attached hydrogen (secondary N) is 1. The Labute approximate surface area is 157 Å². The SMILES string of the molecule is CCCOc1ccc(/C=C/C(=O)Nc2ccc([N+](=O)[O-])cc2)cc1OCC. The van der Waals surface area contributed by atoms with E-state index >= 15 is 0 Å². The second-order valence-corrected chi connectivity index (χ2v) is 5.61. The van der Waals surface area contributed by atoms with Crippen LogP contribution in [0.4, 0.5) is 11.4 Å². The Morgan fingerprint density at radius 1 is 1.11 bits per heavy atom. The molecule has 0 spiro atoms. The average Bonchev–Trinajstić information content (AvgIpc) is 2.66. The zero-order chi connectivity index (χ0) is 19.6. The topological polar surface area (TPSA) is 90.7 Å². The van der Waals surface area contributed by atoms with E-state index in [1.54, 1.807) is 6.08 Å². The molecule has 1 amide bonds. The van der Waals surface area contributed by atoms with Crippen LogP contribution >= 0.6 is 0 Å². The summed E-state index contributed by atoms with van der Waals surface area (Å²) in [6.07, 6.45) is 3.95. The van der Waals surface area contributed by atoms with Gasteiger partial charge in [0.15, 0.2) is 11.5 Å². The molecule has 0 radical (unpaired) electrons. The molecule has 142 valence electrons. The minimum atomic E-state index is -0.491. The van der Waals surface area contributed by atoms with Gasteiger partial charge in [0.05, 0.1) is 18.1 Å². The van der Waals surface area contributed by atoms with E-state index in [1.807, 2.05) is 32.0 Å². The Bertz CT molecular complexity index is 816. The third kappa shape index (κ3) is 6.14. The Balaban J connectivity index is 2.04. The van der Waals surface area contributed by atoms with Crippen LogP contribution in [0.2, 0.25) is 0 Å². The third-order valence-corrected chi connectivity index (χ3v) is 3.50. The van der Waals surface area contributed by atoms with Crippen LogP contribution in [0.15, 0.2) is 48.5 Å². The van der Waals surface area contributed by atoms with Gasteiger partial charge in [-0.15, -0.1) is 0 Å². The molecule has 27 heavy (non-hydrogen) atoms. The molecule has 7 nitrogen and oxygen atoms in total. The van der Waals surface area contributed by atoms with Crippen LogP contribution in [-0.2, 0) is 4.79 Å². The Morgan fingerprint density at radius 2 is 1.85 bits per heavy atom. The number of amides is 1. The first kappa shape index (κ1) is 20.0. The van der Waals surface area contributed by atoms with Gasteiger partial charge in [-0.3, -0.25) is 14.9 Å². The fourth-order valence-corrected chi connectivity index (χ4v) is 2.25. The number of non-ortho nitro benzene ring substituents is 1. The number of nitro benzene ring substituents is 1. The van der Waals surface area contributed by atoms with Crippen LogP contribution in [0.1, 0.15) is 25.8 Å². The van der Waals surface area contributed by atoms with E-state index < -0.39 is 4.92 Å². The monoisotopic (exact) mass is 370 g/mol. The number of benzene rings is 2. The smallest absolute Gasteiger partial charge is 0.269 e. The van der Waals surface area contributed by atoms with Gasteiger partial charge in [-0.2, -0.15) is 0 Å². The first-order valence-corrected chi connectivity index (χ1v) is 8.66. The molecule has 0 saturated heterocycles. The molecule has 2 aromatic carbocycles. The van der Waals surface area contributed by atoms with Crippen molar-refractivity contribution in [1.29, 1.82) is 0 Å². The van der Waals surface area contributed by atoms with Gasteiger partial charge < -0.3 is 14.8 Å². The molecule has 0 unspecified atom stereocenters. The first-order valence-electron chi connectivity index (χ1n) is 8.66. The number of carbonyl (C=O) groups excluding carboxylic acids is 1. The second kappa shape index (κ2) is 9.96. The van der Waals surface area contributed by atoms with Gasteiger partial charge in [-0.25, -0.2) is 0 Å². The Morgan fingerprint density at radius 3 is 2.48 bits per heavy atom. The maximum absolute atomic E-state index is 12.0. The number of hydrogen-bond acceptors (Lipinski definition) is 5. The van der Waals surface area contributed by atoms with Gasteiger partial charge >= 0.3 is 0 Å². The molecule has 0 aliphatic carbocycles.